The average Bonchev–Trinajstić information content (AvgIpc) is 2.74. The average molecular weight is 439 g/mol. The number of ether oxygens (including phenoxy) is 1. The molecule has 8 nitrogen and oxygen atoms in total. The molecule has 0 spiro atoms. The standard InChI is InChI=1S/C24H30N4O4/c1-24(2,3)32-23(31)28-15-13-27(14-16-28)17-21(29)26-20-12-8-7-11-19(20)22(30)25-18-9-5-4-6-10-18/h4-12H,13-17H2,1-3H3,(H,25,30)(H,26,29). The second kappa shape index (κ2) is 10.3. The van der Waals surface area contributed by atoms with Gasteiger partial charge in [-0.15, -0.1) is 0 Å². The molecule has 1 aliphatic heterocycles. The Morgan fingerprint density at radius 1 is 0.875 bits per heavy atom. The van der Waals surface area contributed by atoms with Crippen molar-refractivity contribution >= 4 is 29.3 Å². The molecule has 0 aromatic heterocycles. The number of benzene rings is 2. The molecule has 1 fully saturated rings. The lowest BCUT2D eigenvalue weighted by atomic mass is 10.1. The van der Waals surface area contributed by atoms with E-state index in [0.717, 1.165) is 0 Å². The van der Waals surface area contributed by atoms with Crippen molar-refractivity contribution in [1.82, 2.24) is 9.80 Å². The molecule has 1 saturated heterocycles. The molecule has 3 rings (SSSR count). The molecule has 0 saturated carbocycles. The van der Waals surface area contributed by atoms with E-state index in [1.165, 1.54) is 0 Å². The van der Waals surface area contributed by atoms with Gasteiger partial charge >= 0.3 is 6.09 Å². The van der Waals surface area contributed by atoms with E-state index in [2.05, 4.69) is 10.6 Å². The summed E-state index contributed by atoms with van der Waals surface area (Å²) in [5.74, 6) is -0.506. The Labute approximate surface area is 188 Å². The fraction of sp³-hybridized carbons (Fsp3) is 0.375. The van der Waals surface area contributed by atoms with Crippen molar-refractivity contribution in [2.75, 3.05) is 43.4 Å². The molecule has 2 aromatic rings. The van der Waals surface area contributed by atoms with Gasteiger partial charge in [0.25, 0.3) is 5.91 Å². The van der Waals surface area contributed by atoms with Crippen LogP contribution in [0, 0.1) is 0 Å². The van der Waals surface area contributed by atoms with E-state index in [1.54, 1.807) is 41.3 Å². The van der Waals surface area contributed by atoms with E-state index < -0.39 is 5.60 Å². The summed E-state index contributed by atoms with van der Waals surface area (Å²) in [5.41, 5.74) is 0.994. The first-order valence-corrected chi connectivity index (χ1v) is 10.7. The third-order valence-electron chi connectivity index (χ3n) is 4.87. The van der Waals surface area contributed by atoms with Crippen LogP contribution in [-0.2, 0) is 9.53 Å². The zero-order valence-corrected chi connectivity index (χ0v) is 18.8. The van der Waals surface area contributed by atoms with Crippen LogP contribution in [0.2, 0.25) is 0 Å². The quantitative estimate of drug-likeness (QED) is 0.746. The van der Waals surface area contributed by atoms with Gasteiger partial charge in [0.2, 0.25) is 5.91 Å². The lowest BCUT2D eigenvalue weighted by Gasteiger charge is -2.35. The fourth-order valence-corrected chi connectivity index (χ4v) is 3.32. The van der Waals surface area contributed by atoms with E-state index in [-0.39, 0.29) is 24.5 Å². The summed E-state index contributed by atoms with van der Waals surface area (Å²) < 4.78 is 5.40. The van der Waals surface area contributed by atoms with Crippen LogP contribution >= 0.6 is 0 Å². The van der Waals surface area contributed by atoms with Crippen LogP contribution in [-0.4, -0.2) is 66.0 Å². The first-order valence-electron chi connectivity index (χ1n) is 10.7. The van der Waals surface area contributed by atoms with E-state index in [0.29, 0.717) is 43.1 Å². The number of carbonyl (C=O) groups is 3. The third-order valence-corrected chi connectivity index (χ3v) is 4.87. The summed E-state index contributed by atoms with van der Waals surface area (Å²) in [6.07, 6.45) is -0.333. The lowest BCUT2D eigenvalue weighted by Crippen LogP contribution is -2.51. The van der Waals surface area contributed by atoms with Gasteiger partial charge in [0, 0.05) is 31.9 Å². The van der Waals surface area contributed by atoms with Crippen molar-refractivity contribution < 1.29 is 19.1 Å². The van der Waals surface area contributed by atoms with Gasteiger partial charge in [0.1, 0.15) is 5.60 Å². The van der Waals surface area contributed by atoms with Gasteiger partial charge in [-0.2, -0.15) is 0 Å². The van der Waals surface area contributed by atoms with Crippen LogP contribution in [0.4, 0.5) is 16.2 Å². The minimum absolute atomic E-state index is 0.177. The first kappa shape index (κ1) is 23.3. The number of rotatable bonds is 5. The van der Waals surface area contributed by atoms with Crippen LogP contribution in [0.1, 0.15) is 31.1 Å². The molecule has 2 aromatic carbocycles. The summed E-state index contributed by atoms with van der Waals surface area (Å²) in [6.45, 7) is 7.83. The predicted octanol–water partition coefficient (Wildman–Crippen LogP) is 3.43. The molecule has 0 unspecified atom stereocenters. The first-order chi connectivity index (χ1) is 15.2. The number of piperazine rings is 1. The van der Waals surface area contributed by atoms with Crippen LogP contribution in [0.25, 0.3) is 0 Å². The number of hydrogen-bond acceptors (Lipinski definition) is 5. The summed E-state index contributed by atoms with van der Waals surface area (Å²) in [7, 11) is 0. The van der Waals surface area contributed by atoms with Crippen molar-refractivity contribution in [2.24, 2.45) is 0 Å². The second-order valence-electron chi connectivity index (χ2n) is 8.66. The molecule has 0 aliphatic carbocycles. The van der Waals surface area contributed by atoms with Crippen LogP contribution in [0.15, 0.2) is 54.6 Å². The Morgan fingerprint density at radius 2 is 1.50 bits per heavy atom. The predicted molar refractivity (Wildman–Crippen MR) is 124 cm³/mol. The Balaban J connectivity index is 1.53. The molecule has 0 bridgehead atoms. The highest BCUT2D eigenvalue weighted by Crippen LogP contribution is 2.18. The van der Waals surface area contributed by atoms with Gasteiger partial charge in [-0.25, -0.2) is 4.79 Å². The van der Waals surface area contributed by atoms with Gasteiger partial charge in [-0.05, 0) is 45.0 Å². The zero-order chi connectivity index (χ0) is 23.1. The number of amides is 3. The second-order valence-corrected chi connectivity index (χ2v) is 8.66. The van der Waals surface area contributed by atoms with E-state index in [1.807, 2.05) is 43.9 Å². The Bertz CT molecular complexity index is 948. The van der Waals surface area contributed by atoms with Crippen molar-refractivity contribution in [3.63, 3.8) is 0 Å². The molecule has 0 atom stereocenters. The molecule has 170 valence electrons. The minimum atomic E-state index is -0.533. The number of hydrogen-bond donors (Lipinski definition) is 2. The van der Waals surface area contributed by atoms with Crippen molar-refractivity contribution in [3.8, 4) is 0 Å². The van der Waals surface area contributed by atoms with E-state index in [4.69, 9.17) is 4.74 Å². The highest BCUT2D eigenvalue weighted by atomic mass is 16.6. The Morgan fingerprint density at radius 3 is 2.16 bits per heavy atom. The monoisotopic (exact) mass is 438 g/mol. The molecule has 2 N–H and O–H groups in total. The normalized spacial score (nSPS) is 14.5. The topological polar surface area (TPSA) is 91.0 Å². The Hall–Kier alpha value is -3.39. The molecule has 32 heavy (non-hydrogen) atoms. The molecular weight excluding hydrogens is 408 g/mol. The highest BCUT2D eigenvalue weighted by molar-refractivity contribution is 6.10. The summed E-state index contributed by atoms with van der Waals surface area (Å²) in [5, 5.41) is 5.68. The van der Waals surface area contributed by atoms with E-state index in [9.17, 15) is 14.4 Å². The van der Waals surface area contributed by atoms with Gasteiger partial charge in [-0.1, -0.05) is 30.3 Å². The number of nitrogens with one attached hydrogen (secondary N) is 2. The summed E-state index contributed by atoms with van der Waals surface area (Å²) in [6, 6.07) is 16.1. The van der Waals surface area contributed by atoms with Crippen molar-refractivity contribution in [2.45, 2.75) is 26.4 Å². The molecule has 8 heteroatoms. The zero-order valence-electron chi connectivity index (χ0n) is 18.8. The summed E-state index contributed by atoms with van der Waals surface area (Å²) >= 11 is 0. The van der Waals surface area contributed by atoms with Crippen molar-refractivity contribution in [3.05, 3.63) is 60.2 Å². The number of para-hydroxylation sites is 2. The largest absolute Gasteiger partial charge is 0.444 e. The molecule has 3 amide bonds. The number of anilines is 2. The smallest absolute Gasteiger partial charge is 0.410 e. The molecule has 0 radical (unpaired) electrons. The number of nitrogens with zero attached hydrogens (tertiary/aromatic N) is 2. The Kier molecular flexibility index (Phi) is 7.48. The maximum absolute atomic E-state index is 12.7. The molecule has 1 heterocycles. The number of carbonyl (C=O) groups excluding carboxylic acids is 3. The summed E-state index contributed by atoms with van der Waals surface area (Å²) in [4.78, 5) is 41.1. The van der Waals surface area contributed by atoms with Gasteiger partial charge < -0.3 is 20.3 Å². The van der Waals surface area contributed by atoms with Crippen LogP contribution in [0.3, 0.4) is 0 Å². The minimum Gasteiger partial charge on any atom is -0.444 e. The maximum Gasteiger partial charge on any atom is 0.410 e. The van der Waals surface area contributed by atoms with E-state index >= 15 is 0 Å². The van der Waals surface area contributed by atoms with Crippen LogP contribution < -0.4 is 10.6 Å². The maximum atomic E-state index is 12.7. The fourth-order valence-electron chi connectivity index (χ4n) is 3.32. The van der Waals surface area contributed by atoms with Crippen molar-refractivity contribution in [1.29, 1.82) is 0 Å². The third kappa shape index (κ3) is 6.81. The SMILES string of the molecule is CC(C)(C)OC(=O)N1CCN(CC(=O)Nc2ccccc2C(=O)Nc2ccccc2)CC1. The van der Waals surface area contributed by atoms with Gasteiger partial charge in [0.05, 0.1) is 17.8 Å². The molecular formula is C24H30N4O4. The molecule has 1 aliphatic rings. The lowest BCUT2D eigenvalue weighted by molar-refractivity contribution is -0.117. The van der Waals surface area contributed by atoms with Crippen LogP contribution in [0.5, 0.6) is 0 Å². The van der Waals surface area contributed by atoms with Gasteiger partial charge in [0.15, 0.2) is 0 Å². The highest BCUT2D eigenvalue weighted by Gasteiger charge is 2.26. The van der Waals surface area contributed by atoms with Gasteiger partial charge in [-0.3, -0.25) is 14.5 Å².